The van der Waals surface area contributed by atoms with E-state index in [0.29, 0.717) is 18.9 Å². The Morgan fingerprint density at radius 2 is 1.88 bits per heavy atom. The number of hydrogen-bond acceptors (Lipinski definition) is 6. The number of aromatic nitrogens is 2. The van der Waals surface area contributed by atoms with E-state index in [2.05, 4.69) is 15.5 Å². The molecule has 0 aliphatic heterocycles. The van der Waals surface area contributed by atoms with Crippen molar-refractivity contribution in [3.63, 3.8) is 0 Å². The lowest BCUT2D eigenvalue weighted by Crippen LogP contribution is -2.21. The van der Waals surface area contributed by atoms with Crippen LogP contribution in [0.5, 0.6) is 0 Å². The van der Waals surface area contributed by atoms with Crippen molar-refractivity contribution >= 4 is 21.8 Å². The summed E-state index contributed by atoms with van der Waals surface area (Å²) in [6.07, 6.45) is 7.31. The molecule has 0 atom stereocenters. The molecule has 1 aromatic heterocycles. The zero-order valence-corrected chi connectivity index (χ0v) is 15.8. The summed E-state index contributed by atoms with van der Waals surface area (Å²) in [4.78, 5) is 11.7. The molecule has 1 heterocycles. The molecule has 1 aromatic carbocycles. The van der Waals surface area contributed by atoms with Gasteiger partial charge in [0.25, 0.3) is 0 Å². The molecule has 2 rings (SSSR count). The predicted molar refractivity (Wildman–Crippen MR) is 98.2 cm³/mol. The molecule has 0 aliphatic rings. The van der Waals surface area contributed by atoms with E-state index in [1.54, 1.807) is 6.08 Å². The first kappa shape index (κ1) is 19.8. The van der Waals surface area contributed by atoms with Gasteiger partial charge in [-0.15, -0.1) is 5.10 Å². The van der Waals surface area contributed by atoms with Crippen LogP contribution in [0.1, 0.15) is 36.3 Å². The monoisotopic (exact) mass is 377 g/mol. The molecule has 0 saturated carbocycles. The fourth-order valence-electron chi connectivity index (χ4n) is 2.19. The zero-order chi connectivity index (χ0) is 19.0. The molecular weight excluding hydrogens is 354 g/mol. The molecule has 0 unspecified atom stereocenters. The molecular formula is C18H23N3O4S. The molecule has 1 N–H and O–H groups in total. The molecule has 1 amide bonds. The molecule has 0 saturated heterocycles. The van der Waals surface area contributed by atoms with Gasteiger partial charge < -0.3 is 9.73 Å². The van der Waals surface area contributed by atoms with Crippen LogP contribution < -0.4 is 5.32 Å². The van der Waals surface area contributed by atoms with Gasteiger partial charge in [0.2, 0.25) is 21.6 Å². The third-order valence-electron chi connectivity index (χ3n) is 3.64. The van der Waals surface area contributed by atoms with E-state index in [1.165, 1.54) is 11.6 Å². The van der Waals surface area contributed by atoms with Crippen LogP contribution in [0.2, 0.25) is 0 Å². The number of unbranched alkanes of at least 4 members (excludes halogenated alkanes) is 2. The Morgan fingerprint density at radius 3 is 2.54 bits per heavy atom. The minimum Gasteiger partial charge on any atom is -0.413 e. The number of nitrogens with one attached hydrogen (secondary N) is 1. The molecule has 7 nitrogen and oxygen atoms in total. The van der Waals surface area contributed by atoms with Crippen LogP contribution in [0.15, 0.2) is 40.0 Å². The number of rotatable bonds is 9. The number of amides is 1. The van der Waals surface area contributed by atoms with Gasteiger partial charge in [0, 0.05) is 25.3 Å². The number of carbonyl (C=O) groups is 1. The van der Waals surface area contributed by atoms with E-state index < -0.39 is 9.84 Å². The van der Waals surface area contributed by atoms with E-state index in [-0.39, 0.29) is 11.1 Å². The summed E-state index contributed by atoms with van der Waals surface area (Å²) in [5, 5.41) is 9.70. The Hall–Kier alpha value is -2.48. The fourth-order valence-corrected chi connectivity index (χ4v) is 2.62. The maximum absolute atomic E-state index is 11.7. The van der Waals surface area contributed by atoms with Crippen molar-refractivity contribution in [2.45, 2.75) is 37.8 Å². The first-order chi connectivity index (χ1) is 12.3. The Balaban J connectivity index is 1.60. The molecule has 140 valence electrons. The second-order valence-corrected chi connectivity index (χ2v) is 7.97. The second-order valence-electron chi connectivity index (χ2n) is 6.08. The second kappa shape index (κ2) is 9.28. The topological polar surface area (TPSA) is 102 Å². The van der Waals surface area contributed by atoms with E-state index in [9.17, 15) is 13.2 Å². The van der Waals surface area contributed by atoms with Crippen molar-refractivity contribution in [1.82, 2.24) is 15.5 Å². The van der Waals surface area contributed by atoms with E-state index in [1.807, 2.05) is 31.2 Å². The van der Waals surface area contributed by atoms with E-state index in [0.717, 1.165) is 31.1 Å². The van der Waals surface area contributed by atoms with Gasteiger partial charge in [0.15, 0.2) is 0 Å². The highest BCUT2D eigenvalue weighted by Crippen LogP contribution is 2.10. The van der Waals surface area contributed by atoms with Crippen molar-refractivity contribution in [3.8, 4) is 0 Å². The van der Waals surface area contributed by atoms with Gasteiger partial charge in [-0.1, -0.05) is 41.3 Å². The summed E-state index contributed by atoms with van der Waals surface area (Å²) >= 11 is 0. The normalized spacial score (nSPS) is 11.8. The molecule has 26 heavy (non-hydrogen) atoms. The summed E-state index contributed by atoms with van der Waals surface area (Å²) in [5.74, 6) is 0.191. The lowest BCUT2D eigenvalue weighted by molar-refractivity contribution is -0.116. The minimum atomic E-state index is -3.45. The van der Waals surface area contributed by atoms with Crippen molar-refractivity contribution < 1.29 is 17.6 Å². The van der Waals surface area contributed by atoms with Gasteiger partial charge in [0.05, 0.1) is 0 Å². The van der Waals surface area contributed by atoms with E-state index >= 15 is 0 Å². The molecule has 2 aromatic rings. The van der Waals surface area contributed by atoms with Gasteiger partial charge in [-0.3, -0.25) is 4.79 Å². The fraction of sp³-hybridized carbons (Fsp3) is 0.389. The smallest absolute Gasteiger partial charge is 0.335 e. The number of nitrogens with zero attached hydrogens (tertiary/aromatic N) is 2. The molecule has 0 aliphatic carbocycles. The Kier molecular flexibility index (Phi) is 7.08. The number of sulfone groups is 1. The summed E-state index contributed by atoms with van der Waals surface area (Å²) in [7, 11) is -3.45. The summed E-state index contributed by atoms with van der Waals surface area (Å²) in [6.45, 7) is 2.60. The van der Waals surface area contributed by atoms with Crippen molar-refractivity contribution in [1.29, 1.82) is 0 Å². The van der Waals surface area contributed by atoms with Gasteiger partial charge in [-0.2, -0.15) is 0 Å². The highest BCUT2D eigenvalue weighted by molar-refractivity contribution is 7.90. The number of aryl methyl sites for hydroxylation is 2. The maximum Gasteiger partial charge on any atom is 0.335 e. The van der Waals surface area contributed by atoms with Crippen molar-refractivity contribution in [2.24, 2.45) is 0 Å². The summed E-state index contributed by atoms with van der Waals surface area (Å²) in [6, 6.07) is 7.93. The van der Waals surface area contributed by atoms with Crippen LogP contribution in [0.4, 0.5) is 0 Å². The SMILES string of the molecule is Cc1ccc(/C=C/C(=O)NCCCCCc2nnc(S(C)(=O)=O)o2)cc1. The van der Waals surface area contributed by atoms with E-state index in [4.69, 9.17) is 4.42 Å². The Labute approximate surface area is 153 Å². The molecule has 8 heteroatoms. The van der Waals surface area contributed by atoms with Gasteiger partial charge in [0.1, 0.15) is 0 Å². The first-order valence-corrected chi connectivity index (χ1v) is 10.3. The van der Waals surface area contributed by atoms with Gasteiger partial charge in [-0.05, 0) is 31.4 Å². The standard InChI is InChI=1S/C18H23N3O4S/c1-14-7-9-15(10-8-14)11-12-16(22)19-13-5-3-4-6-17-20-21-18(25-17)26(2,23)24/h7-12H,3-6,13H2,1-2H3,(H,19,22)/b12-11+. The highest BCUT2D eigenvalue weighted by Gasteiger charge is 2.15. The Bertz CT molecular complexity index is 855. The summed E-state index contributed by atoms with van der Waals surface area (Å²) < 4.78 is 27.6. The van der Waals surface area contributed by atoms with Crippen molar-refractivity contribution in [3.05, 3.63) is 47.4 Å². The highest BCUT2D eigenvalue weighted by atomic mass is 32.2. The van der Waals surface area contributed by atoms with Crippen molar-refractivity contribution in [2.75, 3.05) is 12.8 Å². The molecule has 0 spiro atoms. The molecule has 0 fully saturated rings. The van der Waals surface area contributed by atoms with Crippen LogP contribution in [-0.2, 0) is 21.1 Å². The minimum absolute atomic E-state index is 0.125. The van der Waals surface area contributed by atoms with Gasteiger partial charge >= 0.3 is 5.22 Å². The Morgan fingerprint density at radius 1 is 1.15 bits per heavy atom. The average molecular weight is 377 g/mol. The maximum atomic E-state index is 11.7. The lowest BCUT2D eigenvalue weighted by atomic mass is 10.1. The van der Waals surface area contributed by atoms with Crippen LogP contribution in [0, 0.1) is 6.92 Å². The quantitative estimate of drug-likeness (QED) is 0.531. The third kappa shape index (κ3) is 6.79. The summed E-state index contributed by atoms with van der Waals surface area (Å²) in [5.41, 5.74) is 2.17. The predicted octanol–water partition coefficient (Wildman–Crippen LogP) is 2.32. The van der Waals surface area contributed by atoms with Crippen LogP contribution in [0.3, 0.4) is 0 Å². The van der Waals surface area contributed by atoms with Crippen LogP contribution in [-0.4, -0.2) is 37.3 Å². The first-order valence-electron chi connectivity index (χ1n) is 8.39. The lowest BCUT2D eigenvalue weighted by Gasteiger charge is -2.01. The molecule has 0 bridgehead atoms. The number of benzene rings is 1. The zero-order valence-electron chi connectivity index (χ0n) is 14.9. The van der Waals surface area contributed by atoms with Gasteiger partial charge in [-0.25, -0.2) is 8.42 Å². The largest absolute Gasteiger partial charge is 0.413 e. The average Bonchev–Trinajstić information content (AvgIpc) is 3.07. The number of hydrogen-bond donors (Lipinski definition) is 1. The third-order valence-corrected chi connectivity index (χ3v) is 4.44. The van der Waals surface area contributed by atoms with Crippen LogP contribution in [0.25, 0.3) is 6.08 Å². The molecule has 0 radical (unpaired) electrons. The van der Waals surface area contributed by atoms with Crippen LogP contribution >= 0.6 is 0 Å². The number of carbonyl (C=O) groups excluding carboxylic acids is 1.